The number of nitrogens with zero attached hydrogens (tertiary/aromatic N) is 1. The van der Waals surface area contributed by atoms with E-state index >= 15 is 0 Å². The fraction of sp³-hybridized carbons (Fsp3) is 1.00. The van der Waals surface area contributed by atoms with Gasteiger partial charge in [0.1, 0.15) is 0 Å². The van der Waals surface area contributed by atoms with Gasteiger partial charge in [-0.3, -0.25) is 0 Å². The third-order valence-corrected chi connectivity index (χ3v) is 5.58. The average molecular weight is 178 g/mol. The molecule has 0 aromatic rings. The summed E-state index contributed by atoms with van der Waals surface area (Å²) in [4.78, 5) is 0. The van der Waals surface area contributed by atoms with Crippen LogP contribution in [0, 0.1) is 0 Å². The molecule has 8 heavy (non-hydrogen) atoms. The van der Waals surface area contributed by atoms with Crippen molar-refractivity contribution in [1.82, 2.24) is 3.86 Å². The van der Waals surface area contributed by atoms with Gasteiger partial charge in [-0.15, -0.1) is 0 Å². The summed E-state index contributed by atoms with van der Waals surface area (Å²) in [6.07, 6.45) is 0. The van der Waals surface area contributed by atoms with Crippen LogP contribution in [-0.2, 0) is 0 Å². The summed E-state index contributed by atoms with van der Waals surface area (Å²) in [6.45, 7) is 9.38. The minimum Gasteiger partial charge on any atom is -1.00 e. The van der Waals surface area contributed by atoms with Crippen LogP contribution < -0.4 is 0 Å². The Kier molecular flexibility index (Phi) is 5.99. The Morgan fingerprint density at radius 1 is 1.25 bits per heavy atom. The Balaban J connectivity index is -0.000000245. The van der Waals surface area contributed by atoms with E-state index in [0.29, 0.717) is 0 Å². The van der Waals surface area contributed by atoms with Gasteiger partial charge in [-0.05, 0) is 0 Å². The number of hydrogen-bond acceptors (Lipinski definition) is 1. The zero-order chi connectivity index (χ0) is 6.41. The molecule has 0 aromatic carbocycles. The van der Waals surface area contributed by atoms with E-state index in [1.165, 1.54) is 18.3 Å². The predicted octanol–water partition coefficient (Wildman–Crippen LogP) is 1.08. The molecule has 0 saturated heterocycles. The van der Waals surface area contributed by atoms with Crippen molar-refractivity contribution in [3.8, 4) is 0 Å². The second kappa shape index (κ2) is 5.64. The Hall–Kier alpha value is 0.503. The largest absolute Gasteiger partial charge is 1.00 e. The molecule has 1 nitrogen and oxygen atoms in total. The molecule has 0 heterocycles. The Bertz CT molecular complexity index is 51.0. The summed E-state index contributed by atoms with van der Waals surface area (Å²) in [7, 11) is 0. The number of hydrogen-bond donors (Lipinski definition) is 0. The topological polar surface area (TPSA) is 3.24 Å². The van der Waals surface area contributed by atoms with E-state index in [1.807, 2.05) is 0 Å². The summed E-state index contributed by atoms with van der Waals surface area (Å²) < 4.78 is 2.62. The van der Waals surface area contributed by atoms with Crippen LogP contribution in [0.3, 0.4) is 0 Å². The van der Waals surface area contributed by atoms with Gasteiger partial charge >= 0.3 is 58.6 Å². The van der Waals surface area contributed by atoms with E-state index < -0.39 is 0 Å². The summed E-state index contributed by atoms with van der Waals surface area (Å²) in [5.41, 5.74) is 0. The van der Waals surface area contributed by atoms with Crippen molar-refractivity contribution in [2.45, 2.75) is 26.0 Å². The predicted molar refractivity (Wildman–Crippen MR) is 44.2 cm³/mol. The summed E-state index contributed by atoms with van der Waals surface area (Å²) in [6, 6.07) is 0. The Morgan fingerprint density at radius 3 is 1.88 bits per heavy atom. The maximum atomic E-state index is 2.62. The molecule has 0 fully saturated rings. The molecule has 0 spiro atoms. The molecule has 0 aliphatic carbocycles. The molecule has 0 atom stereocenters. The monoisotopic (exact) mass is 179 g/mol. The Labute approximate surface area is 62.1 Å². The van der Waals surface area contributed by atoms with Crippen molar-refractivity contribution < 1.29 is 2.85 Å². The first-order valence-corrected chi connectivity index (χ1v) is 7.00. The van der Waals surface area contributed by atoms with Crippen molar-refractivity contribution >= 4 is 15.7 Å². The van der Waals surface area contributed by atoms with E-state index in [1.54, 1.807) is 0 Å². The van der Waals surface area contributed by atoms with Crippen molar-refractivity contribution in [2.24, 2.45) is 0 Å². The van der Waals surface area contributed by atoms with Gasteiger partial charge in [0.25, 0.3) is 0 Å². The number of rotatable bonds is 4. The van der Waals surface area contributed by atoms with E-state index in [9.17, 15) is 0 Å². The minimum atomic E-state index is -0.212. The van der Waals surface area contributed by atoms with Crippen LogP contribution in [-0.4, -0.2) is 32.6 Å². The summed E-state index contributed by atoms with van der Waals surface area (Å²) in [5, 5.41) is 1.47. The second-order valence-corrected chi connectivity index (χ2v) is 6.94. The smallest absolute Gasteiger partial charge is 1.00 e. The zero-order valence-electron chi connectivity index (χ0n) is 8.28. The van der Waals surface area contributed by atoms with Crippen molar-refractivity contribution in [1.29, 1.82) is 0 Å². The molecule has 0 N–H and O–H groups in total. The molecular weight excluding hydrogens is 159 g/mol. The minimum absolute atomic E-state index is 0. The van der Waals surface area contributed by atoms with Gasteiger partial charge < -0.3 is 2.85 Å². The van der Waals surface area contributed by atoms with Crippen LogP contribution in [0.25, 0.3) is 0 Å². The van der Waals surface area contributed by atoms with E-state index in [-0.39, 0.29) is 18.5 Å². The van der Waals surface area contributed by atoms with E-state index in [4.69, 9.17) is 0 Å². The molecule has 0 radical (unpaired) electrons. The van der Waals surface area contributed by atoms with Crippen LogP contribution in [0.5, 0.6) is 0 Å². The molecule has 0 aliphatic heterocycles. The first-order valence-electron chi connectivity index (χ1n) is 3.57. The van der Waals surface area contributed by atoms with Gasteiger partial charge in [-0.1, -0.05) is 0 Å². The molecule has 0 aliphatic rings. The van der Waals surface area contributed by atoms with E-state index in [0.717, 1.165) is 0 Å². The van der Waals surface area contributed by atoms with Gasteiger partial charge in [0, 0.05) is 0 Å². The zero-order valence-corrected chi connectivity index (χ0v) is 9.24. The molecular formula is C6H19GeN-2. The molecule has 0 amide bonds. The van der Waals surface area contributed by atoms with Crippen LogP contribution in [0.1, 0.15) is 23.6 Å². The first-order chi connectivity index (χ1) is 3.85. The third-order valence-electron chi connectivity index (χ3n) is 1.43. The third kappa shape index (κ3) is 3.50. The van der Waals surface area contributed by atoms with Gasteiger partial charge in [0.15, 0.2) is 0 Å². The SMILES string of the molecule is C[CH2][GeH2][N](CC)CC.[H-].[H-]. The molecule has 0 bridgehead atoms. The molecule has 0 saturated carbocycles. The molecule has 0 unspecified atom stereocenters. The standard InChI is InChI=1S/C6H17GeN.2H/c1-4-7-8(5-2)6-3;;/h4-7H2,1-3H3;;/q;2*-1. The summed E-state index contributed by atoms with van der Waals surface area (Å²) >= 11 is -0.212. The van der Waals surface area contributed by atoms with Crippen molar-refractivity contribution in [3.63, 3.8) is 0 Å². The molecule has 0 rings (SSSR count). The van der Waals surface area contributed by atoms with Crippen LogP contribution in [0.15, 0.2) is 0 Å². The summed E-state index contributed by atoms with van der Waals surface area (Å²) in [5.74, 6) is 0. The Morgan fingerprint density at radius 2 is 1.75 bits per heavy atom. The molecule has 54 valence electrons. The first kappa shape index (κ1) is 8.50. The maximum absolute atomic E-state index is 2.62. The normalized spacial score (nSPS) is 12.0. The van der Waals surface area contributed by atoms with Gasteiger partial charge in [-0.25, -0.2) is 0 Å². The second-order valence-electron chi connectivity index (χ2n) is 2.03. The maximum Gasteiger partial charge on any atom is -1.00 e. The van der Waals surface area contributed by atoms with E-state index in [2.05, 4.69) is 24.6 Å². The van der Waals surface area contributed by atoms with Crippen molar-refractivity contribution in [2.75, 3.05) is 13.1 Å². The van der Waals surface area contributed by atoms with Gasteiger partial charge in [0.2, 0.25) is 0 Å². The van der Waals surface area contributed by atoms with Gasteiger partial charge in [0.05, 0.1) is 0 Å². The van der Waals surface area contributed by atoms with Crippen LogP contribution in [0.2, 0.25) is 5.25 Å². The van der Waals surface area contributed by atoms with Gasteiger partial charge in [-0.2, -0.15) is 0 Å². The fourth-order valence-electron chi connectivity index (χ4n) is 0.856. The average Bonchev–Trinajstić information content (AvgIpc) is 1.83. The molecule has 2 heteroatoms. The van der Waals surface area contributed by atoms with Crippen molar-refractivity contribution in [3.05, 3.63) is 0 Å². The quantitative estimate of drug-likeness (QED) is 0.582. The van der Waals surface area contributed by atoms with Crippen LogP contribution in [0.4, 0.5) is 0 Å². The fourth-order valence-corrected chi connectivity index (χ4v) is 3.51. The molecule has 0 aromatic heterocycles. The van der Waals surface area contributed by atoms with Crippen LogP contribution >= 0.6 is 0 Å².